The molecule has 1 aromatic rings. The molecule has 1 aromatic heterocycles. The van der Waals surface area contributed by atoms with Crippen molar-refractivity contribution in [1.82, 2.24) is 14.5 Å². The van der Waals surface area contributed by atoms with Gasteiger partial charge in [-0.25, -0.2) is 4.98 Å². The highest BCUT2D eigenvalue weighted by Crippen LogP contribution is 2.02. The zero-order valence-corrected chi connectivity index (χ0v) is 12.2. The Morgan fingerprint density at radius 1 is 1.44 bits per heavy atom. The molecule has 102 valence electrons. The first-order valence-corrected chi connectivity index (χ1v) is 6.95. The van der Waals surface area contributed by atoms with Crippen LogP contribution in [-0.4, -0.2) is 39.1 Å². The molecule has 1 heterocycles. The zero-order chi connectivity index (χ0) is 13.4. The summed E-state index contributed by atoms with van der Waals surface area (Å²) < 4.78 is 2.11. The average Bonchev–Trinajstić information content (AvgIpc) is 2.77. The first-order chi connectivity index (χ1) is 8.58. The smallest absolute Gasteiger partial charge is 0.0945 e. The summed E-state index contributed by atoms with van der Waals surface area (Å²) in [6, 6.07) is 0. The summed E-state index contributed by atoms with van der Waals surface area (Å²) >= 11 is 4.94. The Balaban J connectivity index is 2.28. The van der Waals surface area contributed by atoms with Gasteiger partial charge in [0, 0.05) is 38.4 Å². The third kappa shape index (κ3) is 6.71. The minimum Gasteiger partial charge on any atom is -0.393 e. The molecule has 0 saturated heterocycles. The van der Waals surface area contributed by atoms with Gasteiger partial charge < -0.3 is 15.2 Å². The molecule has 0 saturated carbocycles. The van der Waals surface area contributed by atoms with E-state index in [1.807, 2.05) is 18.7 Å². The molecule has 2 N–H and O–H groups in total. The molecule has 0 amide bonds. The predicted molar refractivity (Wildman–Crippen MR) is 79.5 cm³/mol. The predicted octanol–water partition coefficient (Wildman–Crippen LogP) is 1.91. The van der Waals surface area contributed by atoms with E-state index in [9.17, 15) is 0 Å². The van der Waals surface area contributed by atoms with Crippen LogP contribution in [0.4, 0.5) is 0 Å². The Morgan fingerprint density at radius 2 is 2.22 bits per heavy atom. The third-order valence-corrected chi connectivity index (χ3v) is 2.95. The van der Waals surface area contributed by atoms with Gasteiger partial charge in [-0.15, -0.1) is 0 Å². The molecule has 0 spiro atoms. The van der Waals surface area contributed by atoms with E-state index in [4.69, 9.17) is 18.0 Å². The summed E-state index contributed by atoms with van der Waals surface area (Å²) in [7, 11) is 0. The minimum absolute atomic E-state index is 0.610. The van der Waals surface area contributed by atoms with Gasteiger partial charge >= 0.3 is 0 Å². The van der Waals surface area contributed by atoms with E-state index in [0.717, 1.165) is 39.0 Å². The van der Waals surface area contributed by atoms with Crippen molar-refractivity contribution in [1.29, 1.82) is 0 Å². The maximum absolute atomic E-state index is 5.57. The lowest BCUT2D eigenvalue weighted by Gasteiger charge is -2.24. The topological polar surface area (TPSA) is 47.1 Å². The second-order valence-corrected chi connectivity index (χ2v) is 5.59. The van der Waals surface area contributed by atoms with Crippen molar-refractivity contribution >= 4 is 17.2 Å². The van der Waals surface area contributed by atoms with Crippen LogP contribution in [0.5, 0.6) is 0 Å². The Kier molecular flexibility index (Phi) is 6.90. The maximum atomic E-state index is 5.57. The van der Waals surface area contributed by atoms with Crippen LogP contribution in [0, 0.1) is 5.92 Å². The van der Waals surface area contributed by atoms with Crippen LogP contribution < -0.4 is 5.73 Å². The fourth-order valence-electron chi connectivity index (χ4n) is 1.97. The van der Waals surface area contributed by atoms with Crippen LogP contribution in [0.2, 0.25) is 0 Å². The maximum Gasteiger partial charge on any atom is 0.0945 e. The highest BCUT2D eigenvalue weighted by atomic mass is 32.1. The Bertz CT molecular complexity index is 335. The van der Waals surface area contributed by atoms with Crippen molar-refractivity contribution in [2.24, 2.45) is 11.7 Å². The number of thiocarbonyl (C=S) groups is 1. The molecule has 0 aromatic carbocycles. The van der Waals surface area contributed by atoms with E-state index in [0.29, 0.717) is 10.9 Å². The van der Waals surface area contributed by atoms with Gasteiger partial charge in [0.1, 0.15) is 0 Å². The molecular weight excluding hydrogens is 244 g/mol. The first kappa shape index (κ1) is 15.1. The van der Waals surface area contributed by atoms with Gasteiger partial charge in [0.05, 0.1) is 11.3 Å². The van der Waals surface area contributed by atoms with Crippen LogP contribution in [0.15, 0.2) is 18.7 Å². The van der Waals surface area contributed by atoms with Crippen LogP contribution in [0.1, 0.15) is 26.7 Å². The summed E-state index contributed by atoms with van der Waals surface area (Å²) in [6.07, 6.45) is 7.62. The molecule has 18 heavy (non-hydrogen) atoms. The standard InChI is InChI=1S/C13H24N4S/c1-12(2)10-16(8-4-13(14)18)6-3-7-17-9-5-15-11-17/h5,9,11-12H,3-4,6-8,10H2,1-2H3,(H2,14,18). The Labute approximate surface area is 115 Å². The van der Waals surface area contributed by atoms with Gasteiger partial charge in [-0.3, -0.25) is 0 Å². The van der Waals surface area contributed by atoms with E-state index in [1.54, 1.807) is 0 Å². The number of imidazole rings is 1. The summed E-state index contributed by atoms with van der Waals surface area (Å²) in [5.74, 6) is 0.671. The number of aromatic nitrogens is 2. The minimum atomic E-state index is 0.610. The van der Waals surface area contributed by atoms with Crippen molar-refractivity contribution < 1.29 is 0 Å². The highest BCUT2D eigenvalue weighted by Gasteiger charge is 2.07. The van der Waals surface area contributed by atoms with E-state index in [-0.39, 0.29) is 0 Å². The van der Waals surface area contributed by atoms with Gasteiger partial charge in [-0.05, 0) is 18.9 Å². The van der Waals surface area contributed by atoms with Gasteiger partial charge in [0.15, 0.2) is 0 Å². The molecule has 0 unspecified atom stereocenters. The molecule has 4 nitrogen and oxygen atoms in total. The van der Waals surface area contributed by atoms with Gasteiger partial charge in [0.25, 0.3) is 0 Å². The highest BCUT2D eigenvalue weighted by molar-refractivity contribution is 7.80. The van der Waals surface area contributed by atoms with Gasteiger partial charge in [0.2, 0.25) is 0 Å². The lowest BCUT2D eigenvalue weighted by Crippen LogP contribution is -2.32. The molecule has 0 atom stereocenters. The molecule has 0 fully saturated rings. The second kappa shape index (κ2) is 8.21. The summed E-state index contributed by atoms with van der Waals surface area (Å²) in [4.78, 5) is 7.10. The fraction of sp³-hybridized carbons (Fsp3) is 0.692. The summed E-state index contributed by atoms with van der Waals surface area (Å²) in [5, 5.41) is 0. The summed E-state index contributed by atoms with van der Waals surface area (Å²) in [6.45, 7) is 8.65. The lowest BCUT2D eigenvalue weighted by atomic mass is 10.2. The average molecular weight is 268 g/mol. The quantitative estimate of drug-likeness (QED) is 0.695. The van der Waals surface area contributed by atoms with E-state index in [1.165, 1.54) is 0 Å². The van der Waals surface area contributed by atoms with Crippen molar-refractivity contribution in [3.63, 3.8) is 0 Å². The first-order valence-electron chi connectivity index (χ1n) is 6.54. The number of hydrogen-bond donors (Lipinski definition) is 1. The van der Waals surface area contributed by atoms with Crippen molar-refractivity contribution in [3.8, 4) is 0 Å². The van der Waals surface area contributed by atoms with Gasteiger partial charge in [-0.1, -0.05) is 26.1 Å². The van der Waals surface area contributed by atoms with Crippen LogP contribution in [0.25, 0.3) is 0 Å². The molecule has 1 rings (SSSR count). The molecule has 0 aliphatic rings. The van der Waals surface area contributed by atoms with Gasteiger partial charge in [-0.2, -0.15) is 0 Å². The monoisotopic (exact) mass is 268 g/mol. The number of aryl methyl sites for hydroxylation is 1. The third-order valence-electron chi connectivity index (χ3n) is 2.75. The molecule has 0 radical (unpaired) electrons. The zero-order valence-electron chi connectivity index (χ0n) is 11.4. The van der Waals surface area contributed by atoms with Crippen LogP contribution in [-0.2, 0) is 6.54 Å². The van der Waals surface area contributed by atoms with Crippen molar-refractivity contribution in [3.05, 3.63) is 18.7 Å². The number of nitrogens with two attached hydrogens (primary N) is 1. The second-order valence-electron chi connectivity index (χ2n) is 5.06. The number of rotatable bonds is 9. The van der Waals surface area contributed by atoms with Crippen LogP contribution in [0.3, 0.4) is 0 Å². The molecule has 0 aliphatic carbocycles. The largest absolute Gasteiger partial charge is 0.393 e. The molecule has 0 bridgehead atoms. The van der Waals surface area contributed by atoms with Crippen molar-refractivity contribution in [2.45, 2.75) is 33.2 Å². The number of hydrogen-bond acceptors (Lipinski definition) is 3. The SMILES string of the molecule is CC(C)CN(CCCn1ccnc1)CCC(N)=S. The van der Waals surface area contributed by atoms with E-state index >= 15 is 0 Å². The molecular formula is C13H24N4S. The Morgan fingerprint density at radius 3 is 2.78 bits per heavy atom. The van der Waals surface area contributed by atoms with Crippen molar-refractivity contribution in [2.75, 3.05) is 19.6 Å². The van der Waals surface area contributed by atoms with E-state index < -0.39 is 0 Å². The molecule has 0 aliphatic heterocycles. The fourth-order valence-corrected chi connectivity index (χ4v) is 2.07. The normalized spacial score (nSPS) is 11.3. The Hall–Kier alpha value is -0.940. The summed E-state index contributed by atoms with van der Waals surface area (Å²) in [5.41, 5.74) is 5.57. The lowest BCUT2D eigenvalue weighted by molar-refractivity contribution is 0.244. The van der Waals surface area contributed by atoms with E-state index in [2.05, 4.69) is 28.3 Å². The molecule has 5 heteroatoms. The number of nitrogens with zero attached hydrogens (tertiary/aromatic N) is 3. The van der Waals surface area contributed by atoms with Crippen LogP contribution >= 0.6 is 12.2 Å².